The van der Waals surface area contributed by atoms with Gasteiger partial charge in [0.2, 0.25) is 0 Å². The van der Waals surface area contributed by atoms with Crippen LogP contribution in [0.1, 0.15) is 28.8 Å². The summed E-state index contributed by atoms with van der Waals surface area (Å²) in [5, 5.41) is 9.88. The topological polar surface area (TPSA) is 69.6 Å². The fourth-order valence-electron chi connectivity index (χ4n) is 3.59. The fourth-order valence-corrected chi connectivity index (χ4v) is 3.59. The number of rotatable bonds is 5. The second kappa shape index (κ2) is 9.00. The van der Waals surface area contributed by atoms with Crippen LogP contribution in [0.4, 0.5) is 15.9 Å². The predicted molar refractivity (Wildman–Crippen MR) is 113 cm³/mol. The Balaban J connectivity index is 1.57. The van der Waals surface area contributed by atoms with Gasteiger partial charge in [-0.25, -0.2) is 9.37 Å². The molecule has 154 valence electrons. The van der Waals surface area contributed by atoms with Crippen LogP contribution in [0.15, 0.2) is 67.1 Å². The van der Waals surface area contributed by atoms with E-state index in [0.717, 1.165) is 30.8 Å². The molecule has 3 heterocycles. The van der Waals surface area contributed by atoms with Crippen LogP contribution in [0, 0.1) is 5.82 Å². The fraction of sp³-hybridized carbons (Fsp3) is 0.261. The van der Waals surface area contributed by atoms with Gasteiger partial charge in [-0.15, -0.1) is 0 Å². The summed E-state index contributed by atoms with van der Waals surface area (Å²) in [5.41, 5.74) is 1.89. The number of amides is 1. The number of β-amino-alcohol motifs (C(OH)–C–C–N with tert-alkyl or cyclic N) is 1. The first-order valence-electron chi connectivity index (χ1n) is 9.95. The highest BCUT2D eigenvalue weighted by Gasteiger charge is 2.21. The number of halogens is 1. The molecule has 3 aromatic rings. The number of hydrogen-bond donors (Lipinski definition) is 1. The van der Waals surface area contributed by atoms with Crippen LogP contribution in [0.25, 0.3) is 0 Å². The van der Waals surface area contributed by atoms with Gasteiger partial charge in [0.1, 0.15) is 11.6 Å². The molecule has 0 aliphatic carbocycles. The molecule has 1 atom stereocenters. The molecule has 1 N–H and O–H groups in total. The maximum atomic E-state index is 13.4. The van der Waals surface area contributed by atoms with Crippen LogP contribution in [0.3, 0.4) is 0 Å². The van der Waals surface area contributed by atoms with Crippen molar-refractivity contribution in [2.24, 2.45) is 0 Å². The summed E-state index contributed by atoms with van der Waals surface area (Å²) in [5.74, 6) is 0.227. The molecule has 0 bridgehead atoms. The molecule has 1 aliphatic rings. The van der Waals surface area contributed by atoms with E-state index in [-0.39, 0.29) is 24.4 Å². The monoisotopic (exact) mass is 406 g/mol. The highest BCUT2D eigenvalue weighted by Crippen LogP contribution is 2.22. The van der Waals surface area contributed by atoms with Crippen LogP contribution >= 0.6 is 0 Å². The Morgan fingerprint density at radius 2 is 2.00 bits per heavy atom. The van der Waals surface area contributed by atoms with Gasteiger partial charge < -0.3 is 14.9 Å². The molecule has 7 heteroatoms. The molecule has 30 heavy (non-hydrogen) atoms. The van der Waals surface area contributed by atoms with Gasteiger partial charge in [0.15, 0.2) is 0 Å². The normalized spacial score (nSPS) is 16.3. The number of aliphatic hydroxyl groups excluding tert-OH is 1. The van der Waals surface area contributed by atoms with E-state index in [9.17, 15) is 14.3 Å². The van der Waals surface area contributed by atoms with Crippen molar-refractivity contribution in [1.82, 2.24) is 9.97 Å². The van der Waals surface area contributed by atoms with E-state index in [1.54, 1.807) is 41.6 Å². The number of carbonyl (C=O) groups excluding carboxylic acids is 1. The van der Waals surface area contributed by atoms with Gasteiger partial charge in [-0.2, -0.15) is 0 Å². The van der Waals surface area contributed by atoms with E-state index in [0.29, 0.717) is 17.8 Å². The van der Waals surface area contributed by atoms with Crippen molar-refractivity contribution < 1.29 is 14.3 Å². The molecule has 1 aliphatic heterocycles. The van der Waals surface area contributed by atoms with Crippen molar-refractivity contribution in [2.45, 2.75) is 25.5 Å². The van der Waals surface area contributed by atoms with Gasteiger partial charge in [0.25, 0.3) is 5.91 Å². The van der Waals surface area contributed by atoms with E-state index in [4.69, 9.17) is 0 Å². The van der Waals surface area contributed by atoms with Crippen LogP contribution < -0.4 is 9.80 Å². The molecule has 4 rings (SSSR count). The van der Waals surface area contributed by atoms with Crippen molar-refractivity contribution in [3.05, 3.63) is 84.1 Å². The van der Waals surface area contributed by atoms with Crippen LogP contribution in [0.5, 0.6) is 0 Å². The molecule has 1 fully saturated rings. The standard InChI is InChI=1S/C23H23FN4O2/c24-19-6-8-20(9-7-19)28(23(30)18-3-1-11-25-14-18)15-17-5-10-22(26-13-17)27-12-2-4-21(29)16-27/h1,3,5-11,13-14,21,29H,2,4,12,15-16H2. The van der Waals surface area contributed by atoms with Crippen molar-refractivity contribution in [3.8, 4) is 0 Å². The lowest BCUT2D eigenvalue weighted by Gasteiger charge is -2.31. The first-order valence-corrected chi connectivity index (χ1v) is 9.95. The molecule has 1 amide bonds. The van der Waals surface area contributed by atoms with E-state index in [2.05, 4.69) is 14.9 Å². The van der Waals surface area contributed by atoms with Gasteiger partial charge in [0.05, 0.1) is 18.2 Å². The number of aliphatic hydroxyl groups is 1. The minimum atomic E-state index is -0.359. The van der Waals surface area contributed by atoms with Gasteiger partial charge >= 0.3 is 0 Å². The van der Waals surface area contributed by atoms with Gasteiger partial charge in [-0.3, -0.25) is 9.78 Å². The molecule has 1 saturated heterocycles. The zero-order chi connectivity index (χ0) is 20.9. The summed E-state index contributed by atoms with van der Waals surface area (Å²) in [6.45, 7) is 1.73. The molecular formula is C23H23FN4O2. The SMILES string of the molecule is O=C(c1cccnc1)N(Cc1ccc(N2CCCC(O)C2)nc1)c1ccc(F)cc1. The Morgan fingerprint density at radius 3 is 2.67 bits per heavy atom. The zero-order valence-corrected chi connectivity index (χ0v) is 16.5. The number of pyridine rings is 2. The molecule has 6 nitrogen and oxygen atoms in total. The Bertz CT molecular complexity index is 980. The number of anilines is 2. The third kappa shape index (κ3) is 4.63. The molecule has 0 spiro atoms. The summed E-state index contributed by atoms with van der Waals surface area (Å²) in [6.07, 6.45) is 6.29. The first kappa shape index (κ1) is 20.0. The van der Waals surface area contributed by atoms with E-state index < -0.39 is 0 Å². The number of benzene rings is 1. The van der Waals surface area contributed by atoms with Gasteiger partial charge in [-0.1, -0.05) is 6.07 Å². The summed E-state index contributed by atoms with van der Waals surface area (Å²) in [7, 11) is 0. The summed E-state index contributed by atoms with van der Waals surface area (Å²) in [6, 6.07) is 13.1. The van der Waals surface area contributed by atoms with Gasteiger partial charge in [0, 0.05) is 37.4 Å². The lowest BCUT2D eigenvalue weighted by atomic mass is 10.1. The van der Waals surface area contributed by atoms with E-state index in [1.165, 1.54) is 18.3 Å². The Labute approximate surface area is 174 Å². The highest BCUT2D eigenvalue weighted by molar-refractivity contribution is 6.05. The molecule has 1 aromatic carbocycles. The smallest absolute Gasteiger partial charge is 0.260 e. The zero-order valence-electron chi connectivity index (χ0n) is 16.5. The van der Waals surface area contributed by atoms with Crippen molar-refractivity contribution in [3.63, 3.8) is 0 Å². The second-order valence-electron chi connectivity index (χ2n) is 7.38. The predicted octanol–water partition coefficient (Wildman–Crippen LogP) is 3.42. The third-order valence-corrected chi connectivity index (χ3v) is 5.16. The minimum Gasteiger partial charge on any atom is -0.391 e. The molecular weight excluding hydrogens is 383 g/mol. The maximum Gasteiger partial charge on any atom is 0.260 e. The number of hydrogen-bond acceptors (Lipinski definition) is 5. The quantitative estimate of drug-likeness (QED) is 0.703. The largest absolute Gasteiger partial charge is 0.391 e. The molecule has 0 radical (unpaired) electrons. The van der Waals surface area contributed by atoms with Gasteiger partial charge in [-0.05, 0) is 60.9 Å². The number of carbonyl (C=O) groups is 1. The van der Waals surface area contributed by atoms with Crippen LogP contribution in [-0.4, -0.2) is 40.2 Å². The molecule has 1 unspecified atom stereocenters. The highest BCUT2D eigenvalue weighted by atomic mass is 19.1. The minimum absolute atomic E-state index is 0.224. The number of piperidine rings is 1. The summed E-state index contributed by atoms with van der Waals surface area (Å²) >= 11 is 0. The molecule has 2 aromatic heterocycles. The maximum absolute atomic E-state index is 13.4. The third-order valence-electron chi connectivity index (χ3n) is 5.16. The lowest BCUT2D eigenvalue weighted by Crippen LogP contribution is -2.38. The van der Waals surface area contributed by atoms with Crippen LogP contribution in [-0.2, 0) is 6.54 Å². The summed E-state index contributed by atoms with van der Waals surface area (Å²) < 4.78 is 13.4. The van der Waals surface area contributed by atoms with E-state index >= 15 is 0 Å². The van der Waals surface area contributed by atoms with Crippen LogP contribution in [0.2, 0.25) is 0 Å². The summed E-state index contributed by atoms with van der Waals surface area (Å²) in [4.78, 5) is 25.3. The average molecular weight is 406 g/mol. The Hall–Kier alpha value is -3.32. The second-order valence-corrected chi connectivity index (χ2v) is 7.38. The van der Waals surface area contributed by atoms with E-state index in [1.807, 2.05) is 12.1 Å². The lowest BCUT2D eigenvalue weighted by molar-refractivity contribution is 0.0984. The number of aromatic nitrogens is 2. The Kier molecular flexibility index (Phi) is 5.99. The van der Waals surface area contributed by atoms with Crippen molar-refractivity contribution in [2.75, 3.05) is 22.9 Å². The van der Waals surface area contributed by atoms with Crippen molar-refractivity contribution >= 4 is 17.4 Å². The Morgan fingerprint density at radius 1 is 1.17 bits per heavy atom. The van der Waals surface area contributed by atoms with Crippen molar-refractivity contribution in [1.29, 1.82) is 0 Å². The average Bonchev–Trinajstić information content (AvgIpc) is 2.79. The first-order chi connectivity index (χ1) is 14.6. The molecule has 0 saturated carbocycles. The number of nitrogens with zero attached hydrogens (tertiary/aromatic N) is 4.